The minimum Gasteiger partial charge on any atom is -0.241 e. The van der Waals surface area contributed by atoms with Crippen molar-refractivity contribution in [3.63, 3.8) is 0 Å². The molecule has 3 rings (SSSR count). The van der Waals surface area contributed by atoms with Crippen LogP contribution in [0.1, 0.15) is 17.0 Å². The van der Waals surface area contributed by atoms with Gasteiger partial charge >= 0.3 is 0 Å². The van der Waals surface area contributed by atoms with E-state index in [-0.39, 0.29) is 22.4 Å². The van der Waals surface area contributed by atoms with Gasteiger partial charge in [0.25, 0.3) is 0 Å². The Kier molecular flexibility index (Phi) is 3.48. The summed E-state index contributed by atoms with van der Waals surface area (Å²) in [4.78, 5) is 3.96. The molecule has 0 saturated carbocycles. The molecule has 2 heterocycles. The number of hydrogen-bond donors (Lipinski definition) is 0. The molecule has 0 N–H and O–H groups in total. The van der Waals surface area contributed by atoms with Crippen LogP contribution in [0, 0.1) is 41.5 Å². The Hall–Kier alpha value is -2.95. The first-order valence-electron chi connectivity index (χ1n) is 6.48. The van der Waals surface area contributed by atoms with Gasteiger partial charge in [-0.1, -0.05) is 0 Å². The van der Waals surface area contributed by atoms with E-state index in [1.165, 1.54) is 6.92 Å². The minimum absolute atomic E-state index is 0.0447. The highest BCUT2D eigenvalue weighted by atomic mass is 19.2. The molecular weight excluding hydrogens is 312 g/mol. The van der Waals surface area contributed by atoms with Gasteiger partial charge in [0, 0.05) is 5.56 Å². The van der Waals surface area contributed by atoms with E-state index in [2.05, 4.69) is 10.1 Å². The summed E-state index contributed by atoms with van der Waals surface area (Å²) in [5.74, 6) is -4.12. The lowest BCUT2D eigenvalue weighted by Gasteiger charge is -2.07. The van der Waals surface area contributed by atoms with E-state index in [0.29, 0.717) is 6.07 Å². The highest BCUT2D eigenvalue weighted by Gasteiger charge is 2.19. The Morgan fingerprint density at radius 2 is 1.83 bits per heavy atom. The molecule has 0 unspecified atom stereocenters. The van der Waals surface area contributed by atoms with Crippen LogP contribution in [0.15, 0.2) is 18.2 Å². The third-order valence-electron chi connectivity index (χ3n) is 3.40. The Bertz CT molecular complexity index is 972. The van der Waals surface area contributed by atoms with Gasteiger partial charge in [-0.2, -0.15) is 10.4 Å². The van der Waals surface area contributed by atoms with Crippen molar-refractivity contribution in [3.05, 3.63) is 58.4 Å². The fraction of sp³-hybridized carbons (Fsp3) is 0.133. The number of pyridine rings is 1. The molecule has 2 aromatic heterocycles. The van der Waals surface area contributed by atoms with Crippen LogP contribution in [0.25, 0.3) is 11.0 Å². The van der Waals surface area contributed by atoms with Crippen LogP contribution in [0.4, 0.5) is 17.6 Å². The van der Waals surface area contributed by atoms with Crippen LogP contribution < -0.4 is 0 Å². The molecule has 4 nitrogen and oxygen atoms in total. The number of benzene rings is 1. The average Bonchev–Trinajstić information content (AvgIpc) is 2.85. The van der Waals surface area contributed by atoms with Gasteiger partial charge < -0.3 is 0 Å². The molecule has 8 heteroatoms. The van der Waals surface area contributed by atoms with Gasteiger partial charge in [0.15, 0.2) is 23.0 Å². The van der Waals surface area contributed by atoms with Gasteiger partial charge in [0.1, 0.15) is 17.7 Å². The number of hydrogen-bond acceptors (Lipinski definition) is 3. The van der Waals surface area contributed by atoms with E-state index in [0.717, 1.165) is 16.8 Å². The summed E-state index contributed by atoms with van der Waals surface area (Å²) in [6, 6.07) is 4.31. The fourth-order valence-corrected chi connectivity index (χ4v) is 2.22. The summed E-state index contributed by atoms with van der Waals surface area (Å²) in [6.45, 7) is 0.924. The zero-order valence-corrected chi connectivity index (χ0v) is 11.7. The lowest BCUT2D eigenvalue weighted by molar-refractivity contribution is 0.471. The third-order valence-corrected chi connectivity index (χ3v) is 3.40. The van der Waals surface area contributed by atoms with E-state index in [1.54, 1.807) is 6.07 Å². The fourth-order valence-electron chi connectivity index (χ4n) is 2.22. The lowest BCUT2D eigenvalue weighted by atomic mass is 10.2. The van der Waals surface area contributed by atoms with Gasteiger partial charge in [-0.05, 0) is 25.1 Å². The smallest absolute Gasteiger partial charge is 0.172 e. The van der Waals surface area contributed by atoms with Gasteiger partial charge in [0.05, 0.1) is 17.6 Å². The largest absolute Gasteiger partial charge is 0.241 e. The number of nitrogens with zero attached hydrogens (tertiary/aromatic N) is 4. The molecule has 116 valence electrons. The molecule has 3 aromatic rings. The Balaban J connectivity index is 2.21. The van der Waals surface area contributed by atoms with Crippen molar-refractivity contribution in [2.75, 3.05) is 0 Å². The number of nitriles is 1. The van der Waals surface area contributed by atoms with Gasteiger partial charge in [-0.3, -0.25) is 0 Å². The second kappa shape index (κ2) is 5.35. The maximum absolute atomic E-state index is 13.8. The number of aryl methyl sites for hydroxylation is 1. The molecule has 0 aliphatic heterocycles. The second-order valence-electron chi connectivity index (χ2n) is 4.87. The maximum Gasteiger partial charge on any atom is 0.172 e. The summed E-state index contributed by atoms with van der Waals surface area (Å²) in [5, 5.41) is 13.0. The number of halogens is 4. The van der Waals surface area contributed by atoms with Crippen molar-refractivity contribution in [3.8, 4) is 6.07 Å². The standard InChI is InChI=1S/C15H8F4N4/c1-7-12(18)4-8-13(5-20)22-23(15(8)21-7)6-9-10(16)2-3-11(17)14(9)19/h2-4H,6H2,1H3. The zero-order valence-electron chi connectivity index (χ0n) is 11.7. The Morgan fingerprint density at radius 3 is 2.52 bits per heavy atom. The van der Waals surface area contributed by atoms with Crippen LogP contribution in [0.5, 0.6) is 0 Å². The zero-order chi connectivity index (χ0) is 16.7. The van der Waals surface area contributed by atoms with Gasteiger partial charge in [-0.25, -0.2) is 27.2 Å². The molecule has 0 aliphatic carbocycles. The lowest BCUT2D eigenvalue weighted by Crippen LogP contribution is -2.09. The number of aromatic nitrogens is 3. The van der Waals surface area contributed by atoms with Crippen LogP contribution >= 0.6 is 0 Å². The number of rotatable bonds is 2. The van der Waals surface area contributed by atoms with Crippen LogP contribution in [-0.4, -0.2) is 14.8 Å². The SMILES string of the molecule is Cc1nc2c(cc1F)c(C#N)nn2Cc1c(F)ccc(F)c1F. The Morgan fingerprint density at radius 1 is 1.13 bits per heavy atom. The predicted molar refractivity (Wildman–Crippen MR) is 72.4 cm³/mol. The molecule has 0 saturated heterocycles. The molecule has 0 radical (unpaired) electrons. The van der Waals surface area contributed by atoms with Crippen LogP contribution in [0.3, 0.4) is 0 Å². The van der Waals surface area contributed by atoms with Crippen molar-refractivity contribution < 1.29 is 17.6 Å². The van der Waals surface area contributed by atoms with Crippen molar-refractivity contribution in [1.29, 1.82) is 5.26 Å². The molecule has 23 heavy (non-hydrogen) atoms. The minimum atomic E-state index is -1.34. The van der Waals surface area contributed by atoms with E-state index in [9.17, 15) is 17.6 Å². The first-order valence-corrected chi connectivity index (χ1v) is 6.48. The molecule has 1 aromatic carbocycles. The summed E-state index contributed by atoms with van der Waals surface area (Å²) < 4.78 is 55.5. The first kappa shape index (κ1) is 15.0. The molecule has 0 bridgehead atoms. The summed E-state index contributed by atoms with van der Waals surface area (Å²) in [6.07, 6.45) is 0. The van der Waals surface area contributed by atoms with Gasteiger partial charge in [-0.15, -0.1) is 0 Å². The third kappa shape index (κ3) is 2.40. The van der Waals surface area contributed by atoms with E-state index in [1.807, 2.05) is 0 Å². The van der Waals surface area contributed by atoms with E-state index >= 15 is 0 Å². The molecular formula is C15H8F4N4. The van der Waals surface area contributed by atoms with Crippen molar-refractivity contribution in [1.82, 2.24) is 14.8 Å². The van der Waals surface area contributed by atoms with E-state index < -0.39 is 35.4 Å². The topological polar surface area (TPSA) is 54.5 Å². The second-order valence-corrected chi connectivity index (χ2v) is 4.87. The van der Waals surface area contributed by atoms with Crippen molar-refractivity contribution in [2.45, 2.75) is 13.5 Å². The highest BCUT2D eigenvalue weighted by Crippen LogP contribution is 2.22. The molecule has 0 amide bonds. The van der Waals surface area contributed by atoms with E-state index in [4.69, 9.17) is 5.26 Å². The Labute approximate surface area is 127 Å². The van der Waals surface area contributed by atoms with Crippen molar-refractivity contribution in [2.24, 2.45) is 0 Å². The summed E-state index contributed by atoms with van der Waals surface area (Å²) in [5.41, 5.74) is -0.557. The van der Waals surface area contributed by atoms with Crippen LogP contribution in [0.2, 0.25) is 0 Å². The first-order chi connectivity index (χ1) is 10.9. The highest BCUT2D eigenvalue weighted by molar-refractivity contribution is 5.81. The van der Waals surface area contributed by atoms with Crippen LogP contribution in [-0.2, 0) is 6.54 Å². The number of fused-ring (bicyclic) bond motifs is 1. The summed E-state index contributed by atoms with van der Waals surface area (Å²) >= 11 is 0. The molecule has 0 spiro atoms. The normalized spacial score (nSPS) is 11.0. The molecule has 0 atom stereocenters. The van der Waals surface area contributed by atoms with Crippen molar-refractivity contribution >= 4 is 11.0 Å². The predicted octanol–water partition coefficient (Wildman–Crippen LogP) is 3.22. The quantitative estimate of drug-likeness (QED) is 0.538. The maximum atomic E-state index is 13.8. The summed E-state index contributed by atoms with van der Waals surface area (Å²) in [7, 11) is 0. The molecule has 0 fully saturated rings. The molecule has 0 aliphatic rings. The van der Waals surface area contributed by atoms with Gasteiger partial charge in [0.2, 0.25) is 0 Å². The average molecular weight is 320 g/mol. The monoisotopic (exact) mass is 320 g/mol.